The molecule has 0 radical (unpaired) electrons. The molecule has 2 aromatic heterocycles. The van der Waals surface area contributed by atoms with Crippen LogP contribution in [0, 0.1) is 11.8 Å². The smallest absolute Gasteiger partial charge is 0.322 e. The Kier molecular flexibility index (Phi) is 8.73. The number of urea groups is 1. The fourth-order valence-electron chi connectivity index (χ4n) is 6.88. The first kappa shape index (κ1) is 33.4. The lowest BCUT2D eigenvalue weighted by atomic mass is 9.70. The Hall–Kier alpha value is -4.46. The second-order valence-electron chi connectivity index (χ2n) is 12.7. The zero-order valence-corrected chi connectivity index (χ0v) is 27.6. The third-order valence-corrected chi connectivity index (χ3v) is 10.5. The molecule has 0 bridgehead atoms. The highest BCUT2D eigenvalue weighted by Crippen LogP contribution is 2.46. The van der Waals surface area contributed by atoms with Crippen LogP contribution in [-0.4, -0.2) is 57.9 Å². The summed E-state index contributed by atoms with van der Waals surface area (Å²) in [5.74, 6) is -1.47. The van der Waals surface area contributed by atoms with E-state index < -0.39 is 34.8 Å². The number of pyridine rings is 2. The van der Waals surface area contributed by atoms with Crippen LogP contribution in [0.15, 0.2) is 65.8 Å². The number of rotatable bonds is 8. The van der Waals surface area contributed by atoms with E-state index in [1.165, 1.54) is 24.3 Å². The number of carbonyl (C=O) groups is 4. The van der Waals surface area contributed by atoms with Gasteiger partial charge in [0, 0.05) is 54.1 Å². The predicted octanol–water partition coefficient (Wildman–Crippen LogP) is 6.24. The van der Waals surface area contributed by atoms with Crippen molar-refractivity contribution in [3.05, 3.63) is 72.1 Å². The minimum atomic E-state index is -4.50. The number of anilines is 3. The van der Waals surface area contributed by atoms with E-state index in [1.54, 1.807) is 46.5 Å². The Morgan fingerprint density at radius 2 is 1.29 bits per heavy atom. The average molecular weight is 681 g/mol. The molecule has 5 amide bonds. The van der Waals surface area contributed by atoms with Gasteiger partial charge in [-0.15, -0.1) is 0 Å². The highest BCUT2D eigenvalue weighted by molar-refractivity contribution is 8.00. The number of aromatic nitrogens is 2. The lowest BCUT2D eigenvalue weighted by molar-refractivity contribution is -0.123. The molecule has 3 saturated heterocycles. The van der Waals surface area contributed by atoms with Gasteiger partial charge in [0.1, 0.15) is 17.2 Å². The molecule has 3 aromatic rings. The van der Waals surface area contributed by atoms with Crippen molar-refractivity contribution >= 4 is 52.8 Å². The minimum absolute atomic E-state index is 0.0472. The Morgan fingerprint density at radius 1 is 0.812 bits per heavy atom. The van der Waals surface area contributed by atoms with Crippen molar-refractivity contribution in [2.45, 2.75) is 68.3 Å². The zero-order valence-electron chi connectivity index (χ0n) is 26.8. The summed E-state index contributed by atoms with van der Waals surface area (Å²) in [5.41, 5.74) is -4.69. The predicted molar refractivity (Wildman–Crippen MR) is 175 cm³/mol. The number of thioether (sulfide) groups is 1. The number of alkyl halides is 3. The maximum Gasteiger partial charge on any atom is 0.446 e. The first-order valence-electron chi connectivity index (χ1n) is 15.8. The molecule has 4 atom stereocenters. The molecule has 4 unspecified atom stereocenters. The van der Waals surface area contributed by atoms with Crippen LogP contribution >= 0.6 is 11.8 Å². The van der Waals surface area contributed by atoms with Crippen molar-refractivity contribution in [1.82, 2.24) is 15.3 Å². The first-order chi connectivity index (χ1) is 22.7. The van der Waals surface area contributed by atoms with Gasteiger partial charge in [-0.1, -0.05) is 27.7 Å². The summed E-state index contributed by atoms with van der Waals surface area (Å²) < 4.78 is 39.0. The number of carbonyl (C=O) groups excluding carboxylic acids is 4. The van der Waals surface area contributed by atoms with Gasteiger partial charge in [0.2, 0.25) is 11.8 Å². The molecular formula is C34H35F3N6O4S. The fourth-order valence-corrected chi connectivity index (χ4v) is 7.42. The summed E-state index contributed by atoms with van der Waals surface area (Å²) in [6.45, 7) is 8.35. The van der Waals surface area contributed by atoms with Crippen LogP contribution in [0.2, 0.25) is 0 Å². The third-order valence-electron chi connectivity index (χ3n) is 9.81. The van der Waals surface area contributed by atoms with Gasteiger partial charge in [0.05, 0.1) is 5.69 Å². The van der Waals surface area contributed by atoms with Crippen LogP contribution in [-0.2, 0) is 14.4 Å². The first-order valence-corrected chi connectivity index (χ1v) is 16.6. The molecule has 6 rings (SSSR count). The third kappa shape index (κ3) is 5.90. The van der Waals surface area contributed by atoms with Crippen molar-refractivity contribution in [3.8, 4) is 0 Å². The van der Waals surface area contributed by atoms with Gasteiger partial charge < -0.3 is 5.32 Å². The molecule has 3 aliphatic rings. The van der Waals surface area contributed by atoms with Crippen molar-refractivity contribution < 1.29 is 32.3 Å². The van der Waals surface area contributed by atoms with Gasteiger partial charge >= 0.3 is 11.5 Å². The van der Waals surface area contributed by atoms with Crippen molar-refractivity contribution in [2.75, 3.05) is 27.8 Å². The number of hydrogen-bond donors (Lipinski definition) is 1. The van der Waals surface area contributed by atoms with Gasteiger partial charge in [0.15, 0.2) is 0 Å². The fraction of sp³-hybridized carbons (Fsp3) is 0.412. The highest BCUT2D eigenvalue weighted by atomic mass is 32.2. The standard InChI is InChI=1S/C34H35F3N6O4S/c1-19-11-15-41(29(19)44)27-17-23(9-13-38-27)21(3)33(22(4)24-10-14-39-28(18-24)42-16-12-20(2)30(42)45)31(46)43(32(47)40-33)25-5-7-26(8-6-25)48-34(35,36)37/h5-10,13-14,17-22H,11-12,15-16H2,1-4H3,(H,40,47). The summed E-state index contributed by atoms with van der Waals surface area (Å²) >= 11 is -0.290. The van der Waals surface area contributed by atoms with Gasteiger partial charge in [0.25, 0.3) is 5.91 Å². The number of amides is 5. The highest BCUT2D eigenvalue weighted by Gasteiger charge is 2.59. The van der Waals surface area contributed by atoms with E-state index in [4.69, 9.17) is 0 Å². The van der Waals surface area contributed by atoms with E-state index in [9.17, 15) is 32.3 Å². The van der Waals surface area contributed by atoms with E-state index in [0.717, 1.165) is 4.90 Å². The molecule has 5 heterocycles. The molecule has 3 fully saturated rings. The minimum Gasteiger partial charge on any atom is -0.322 e. The molecule has 14 heteroatoms. The summed E-state index contributed by atoms with van der Waals surface area (Å²) in [6.07, 6.45) is 4.51. The van der Waals surface area contributed by atoms with E-state index in [2.05, 4.69) is 15.3 Å². The van der Waals surface area contributed by atoms with Gasteiger partial charge in [-0.2, -0.15) is 13.2 Å². The Balaban J connectivity index is 1.42. The second kappa shape index (κ2) is 12.5. The molecule has 3 aliphatic heterocycles. The van der Waals surface area contributed by atoms with E-state index in [-0.39, 0.29) is 46.0 Å². The molecule has 0 aliphatic carbocycles. The number of halogens is 3. The molecule has 48 heavy (non-hydrogen) atoms. The maximum absolute atomic E-state index is 14.8. The summed E-state index contributed by atoms with van der Waals surface area (Å²) in [7, 11) is 0. The van der Waals surface area contributed by atoms with Crippen LogP contribution < -0.4 is 20.0 Å². The monoisotopic (exact) mass is 680 g/mol. The molecular weight excluding hydrogens is 645 g/mol. The SMILES string of the molecule is CC1CCN(c2cc(C(C)C3(C(C)c4ccnc(N5CCC(C)C5=O)c4)NC(=O)N(c4ccc(SC(F)(F)F)cc4)C3=O)ccn2)C1=O. The van der Waals surface area contributed by atoms with Crippen molar-refractivity contribution in [2.24, 2.45) is 11.8 Å². The molecule has 0 spiro atoms. The summed E-state index contributed by atoms with van der Waals surface area (Å²) in [5, 5.41) is 2.98. The number of benzene rings is 1. The van der Waals surface area contributed by atoms with E-state index in [1.807, 2.05) is 27.7 Å². The quantitative estimate of drug-likeness (QED) is 0.221. The van der Waals surface area contributed by atoms with Crippen LogP contribution in [0.5, 0.6) is 0 Å². The molecule has 0 saturated carbocycles. The Bertz CT molecular complexity index is 1690. The molecule has 1 aromatic carbocycles. The maximum atomic E-state index is 14.8. The number of nitrogens with zero attached hydrogens (tertiary/aromatic N) is 5. The molecule has 252 valence electrons. The average Bonchev–Trinajstić information content (AvgIpc) is 3.67. The lowest BCUT2D eigenvalue weighted by Crippen LogP contribution is -2.55. The number of nitrogens with one attached hydrogen (secondary N) is 1. The van der Waals surface area contributed by atoms with Crippen LogP contribution in [0.3, 0.4) is 0 Å². The van der Waals surface area contributed by atoms with Gasteiger partial charge in [-0.25, -0.2) is 19.7 Å². The van der Waals surface area contributed by atoms with E-state index in [0.29, 0.717) is 48.7 Å². The largest absolute Gasteiger partial charge is 0.446 e. The molecule has 10 nitrogen and oxygen atoms in total. The zero-order chi connectivity index (χ0) is 34.5. The second-order valence-corrected chi connectivity index (χ2v) is 13.8. The van der Waals surface area contributed by atoms with Crippen LogP contribution in [0.1, 0.15) is 63.5 Å². The normalized spacial score (nSPS) is 24.4. The Labute approximate surface area is 280 Å². The van der Waals surface area contributed by atoms with Crippen molar-refractivity contribution in [1.29, 1.82) is 0 Å². The number of hydrogen-bond acceptors (Lipinski definition) is 7. The molecule has 1 N–H and O–H groups in total. The van der Waals surface area contributed by atoms with E-state index >= 15 is 0 Å². The summed E-state index contributed by atoms with van der Waals surface area (Å²) in [6, 6.07) is 11.3. The van der Waals surface area contributed by atoms with Crippen molar-refractivity contribution in [3.63, 3.8) is 0 Å². The Morgan fingerprint density at radius 3 is 1.71 bits per heavy atom. The summed E-state index contributed by atoms with van der Waals surface area (Å²) in [4.78, 5) is 67.2. The van der Waals surface area contributed by atoms with Crippen LogP contribution in [0.4, 0.5) is 35.3 Å². The lowest BCUT2D eigenvalue weighted by Gasteiger charge is -2.39. The topological polar surface area (TPSA) is 116 Å². The van der Waals surface area contributed by atoms with Gasteiger partial charge in [-0.3, -0.25) is 24.2 Å². The van der Waals surface area contributed by atoms with Crippen LogP contribution in [0.25, 0.3) is 0 Å². The number of imide groups is 1. The van der Waals surface area contributed by atoms with Gasteiger partial charge in [-0.05, 0) is 84.3 Å².